The van der Waals surface area contributed by atoms with Crippen LogP contribution in [0.15, 0.2) is 103 Å². The van der Waals surface area contributed by atoms with Gasteiger partial charge in [-0.3, -0.25) is 0 Å². The van der Waals surface area contributed by atoms with Crippen LogP contribution in [0.5, 0.6) is 0 Å². The second-order valence-electron chi connectivity index (χ2n) is 26.1. The molecule has 3 heteroatoms. The molecule has 3 aliphatic carbocycles. The molecule has 0 aromatic heterocycles. The Kier molecular flexibility index (Phi) is 8.96. The van der Waals surface area contributed by atoms with Crippen LogP contribution in [0.4, 0.5) is 34.1 Å². The molecule has 338 valence electrons. The van der Waals surface area contributed by atoms with Gasteiger partial charge in [0.25, 0.3) is 6.71 Å². The molecule has 6 aromatic carbocycles. The van der Waals surface area contributed by atoms with Gasteiger partial charge in [0.2, 0.25) is 0 Å². The van der Waals surface area contributed by atoms with Crippen molar-refractivity contribution < 1.29 is 0 Å². The predicted octanol–water partition coefficient (Wildman–Crippen LogP) is 15.0. The summed E-state index contributed by atoms with van der Waals surface area (Å²) in [6.45, 7) is 39.2. The lowest BCUT2D eigenvalue weighted by atomic mass is 9.33. The number of rotatable bonds is 4. The van der Waals surface area contributed by atoms with Crippen molar-refractivity contribution in [1.29, 1.82) is 0 Å². The average molecular weight is 869 g/mol. The van der Waals surface area contributed by atoms with E-state index in [9.17, 15) is 0 Å². The van der Waals surface area contributed by atoms with Gasteiger partial charge in [0.1, 0.15) is 0 Å². The number of nitrogens with zero attached hydrogens (tertiary/aromatic N) is 2. The minimum atomic E-state index is -0.200. The van der Waals surface area contributed by atoms with E-state index in [2.05, 4.69) is 224 Å². The number of aryl methyl sites for hydroxylation is 2. The second kappa shape index (κ2) is 13.6. The van der Waals surface area contributed by atoms with Gasteiger partial charge < -0.3 is 9.80 Å². The maximum Gasteiger partial charge on any atom is 0.252 e. The number of benzene rings is 6. The van der Waals surface area contributed by atoms with E-state index in [1.54, 1.807) is 0 Å². The van der Waals surface area contributed by atoms with Gasteiger partial charge in [0.15, 0.2) is 0 Å². The van der Waals surface area contributed by atoms with Gasteiger partial charge in [-0.1, -0.05) is 158 Å². The summed E-state index contributed by atoms with van der Waals surface area (Å²) in [7, 11) is 0. The van der Waals surface area contributed by atoms with Crippen molar-refractivity contribution in [3.8, 4) is 0 Å². The van der Waals surface area contributed by atoms with Crippen LogP contribution in [-0.2, 0) is 37.9 Å². The summed E-state index contributed by atoms with van der Waals surface area (Å²) in [6.07, 6.45) is 4.67. The minimum absolute atomic E-state index is 0.0440. The minimum Gasteiger partial charge on any atom is -0.311 e. The number of hydrogen-bond acceptors (Lipinski definition) is 2. The zero-order chi connectivity index (χ0) is 47.1. The van der Waals surface area contributed by atoms with E-state index in [-0.39, 0.29) is 44.6 Å². The molecular formula is C63H73BN2. The van der Waals surface area contributed by atoms with Crippen molar-refractivity contribution >= 4 is 57.2 Å². The molecule has 0 bridgehead atoms. The lowest BCUT2D eigenvalue weighted by Gasteiger charge is -2.46. The first kappa shape index (κ1) is 43.5. The van der Waals surface area contributed by atoms with Crippen molar-refractivity contribution in [2.24, 2.45) is 0 Å². The van der Waals surface area contributed by atoms with Crippen LogP contribution in [0.2, 0.25) is 0 Å². The summed E-state index contributed by atoms with van der Waals surface area (Å²) in [5, 5.41) is 0. The fraction of sp³-hybridized carbons (Fsp3) is 0.429. The first-order chi connectivity index (χ1) is 30.7. The Morgan fingerprint density at radius 1 is 0.424 bits per heavy atom. The highest BCUT2D eigenvalue weighted by Crippen LogP contribution is 2.56. The van der Waals surface area contributed by atoms with Crippen molar-refractivity contribution in [3.63, 3.8) is 0 Å². The summed E-state index contributed by atoms with van der Waals surface area (Å²) in [4.78, 5) is 5.40. The van der Waals surface area contributed by atoms with E-state index in [1.807, 2.05) is 0 Å². The summed E-state index contributed by atoms with van der Waals surface area (Å²) in [5.74, 6) is 0. The highest BCUT2D eigenvalue weighted by molar-refractivity contribution is 7.00. The number of fused-ring (bicyclic) bond motifs is 7. The van der Waals surface area contributed by atoms with E-state index >= 15 is 0 Å². The summed E-state index contributed by atoms with van der Waals surface area (Å²) in [6, 6.07) is 41.7. The van der Waals surface area contributed by atoms with Gasteiger partial charge in [-0.2, -0.15) is 0 Å². The third-order valence-electron chi connectivity index (χ3n) is 17.9. The van der Waals surface area contributed by atoms with Crippen LogP contribution in [0.1, 0.15) is 178 Å². The standard InChI is InChI=1S/C63H73BN2/c1-38-28-54-56-55(29-38)66(52-34-47-44(30-39(52)2)59(7,8)36-61(47,11)12)53-35-48-46(60(9,10)37-62(48,13)14)33-50(53)64(56)49-31-41(63(15,16)40-20-18-17-19-21-40)22-25-51(49)65(54)42-23-24-43-45(32-42)58(5,6)27-26-57(43,3)4/h17-25,28-35H,26-27,36-37H2,1-16H3. The molecule has 6 aromatic rings. The number of anilines is 6. The molecular weight excluding hydrogens is 796 g/mol. The summed E-state index contributed by atoms with van der Waals surface area (Å²) >= 11 is 0. The maximum atomic E-state index is 2.73. The van der Waals surface area contributed by atoms with Gasteiger partial charge >= 0.3 is 0 Å². The van der Waals surface area contributed by atoms with E-state index in [1.165, 1.54) is 119 Å². The summed E-state index contributed by atoms with van der Waals surface area (Å²) < 4.78 is 0. The van der Waals surface area contributed by atoms with E-state index in [0.29, 0.717) is 0 Å². The van der Waals surface area contributed by atoms with Gasteiger partial charge in [-0.15, -0.1) is 0 Å². The Labute approximate surface area is 398 Å². The molecule has 2 nitrogen and oxygen atoms in total. The van der Waals surface area contributed by atoms with Crippen LogP contribution in [-0.4, -0.2) is 6.71 Å². The Morgan fingerprint density at radius 3 is 1.56 bits per heavy atom. The van der Waals surface area contributed by atoms with Crippen molar-refractivity contribution in [2.75, 3.05) is 9.80 Å². The fourth-order valence-electron chi connectivity index (χ4n) is 14.6. The van der Waals surface area contributed by atoms with Gasteiger partial charge in [-0.05, 0) is 187 Å². The van der Waals surface area contributed by atoms with Crippen LogP contribution < -0.4 is 26.2 Å². The molecule has 11 rings (SSSR count). The monoisotopic (exact) mass is 869 g/mol. The molecule has 0 spiro atoms. The fourth-order valence-corrected chi connectivity index (χ4v) is 14.6. The smallest absolute Gasteiger partial charge is 0.252 e. The SMILES string of the molecule is Cc1cc2c3c(c1)N(c1cc4c(cc1C)C(C)(C)CC4(C)C)c1cc4c(cc1B3c1cc(C(C)(C)c3ccccc3)ccc1N2c1ccc2c(c1)C(C)(C)CCC2(C)C)C(C)(C)CC4(C)C. The van der Waals surface area contributed by atoms with Crippen LogP contribution in [0, 0.1) is 13.8 Å². The van der Waals surface area contributed by atoms with E-state index in [4.69, 9.17) is 0 Å². The van der Waals surface area contributed by atoms with E-state index in [0.717, 1.165) is 12.8 Å². The Morgan fingerprint density at radius 2 is 0.939 bits per heavy atom. The normalized spacial score (nSPS) is 20.5. The zero-order valence-corrected chi connectivity index (χ0v) is 43.1. The van der Waals surface area contributed by atoms with Gasteiger partial charge in [-0.25, -0.2) is 0 Å². The molecule has 0 amide bonds. The lowest BCUT2D eigenvalue weighted by Crippen LogP contribution is -2.62. The molecule has 5 aliphatic rings. The average Bonchev–Trinajstić information content (AvgIpc) is 3.54. The van der Waals surface area contributed by atoms with E-state index < -0.39 is 0 Å². The van der Waals surface area contributed by atoms with Crippen molar-refractivity contribution in [3.05, 3.63) is 159 Å². The van der Waals surface area contributed by atoms with Crippen LogP contribution in [0.25, 0.3) is 0 Å². The largest absolute Gasteiger partial charge is 0.311 e. The zero-order valence-electron chi connectivity index (χ0n) is 43.1. The molecule has 0 N–H and O–H groups in total. The van der Waals surface area contributed by atoms with Crippen LogP contribution in [0.3, 0.4) is 0 Å². The van der Waals surface area contributed by atoms with Gasteiger partial charge in [0.05, 0.1) is 0 Å². The molecule has 0 saturated heterocycles. The van der Waals surface area contributed by atoms with Gasteiger partial charge in [0, 0.05) is 39.5 Å². The maximum absolute atomic E-state index is 2.73. The van der Waals surface area contributed by atoms with Crippen LogP contribution >= 0.6 is 0 Å². The molecule has 2 aliphatic heterocycles. The lowest BCUT2D eigenvalue weighted by molar-refractivity contribution is 0.332. The summed E-state index contributed by atoms with van der Waals surface area (Å²) in [5.41, 5.74) is 26.8. The second-order valence-corrected chi connectivity index (χ2v) is 26.1. The Bertz CT molecular complexity index is 3050. The highest BCUT2D eigenvalue weighted by Gasteiger charge is 2.50. The predicted molar refractivity (Wildman–Crippen MR) is 285 cm³/mol. The first-order valence-electron chi connectivity index (χ1n) is 25.2. The molecule has 0 atom stereocenters. The Hall–Kier alpha value is -5.02. The first-order valence-corrected chi connectivity index (χ1v) is 25.2. The topological polar surface area (TPSA) is 6.48 Å². The molecule has 66 heavy (non-hydrogen) atoms. The Balaban J connectivity index is 1.25. The third-order valence-corrected chi connectivity index (χ3v) is 17.9. The quantitative estimate of drug-likeness (QED) is 0.163. The van der Waals surface area contributed by atoms with Crippen molar-refractivity contribution in [1.82, 2.24) is 0 Å². The van der Waals surface area contributed by atoms with Crippen molar-refractivity contribution in [2.45, 2.75) is 174 Å². The molecule has 0 saturated carbocycles. The highest BCUT2D eigenvalue weighted by atomic mass is 15.2. The molecule has 0 fully saturated rings. The molecule has 0 unspecified atom stereocenters. The molecule has 0 radical (unpaired) electrons. The molecule has 2 heterocycles. The third kappa shape index (κ3) is 6.12. The number of hydrogen-bond donors (Lipinski definition) is 0.